The van der Waals surface area contributed by atoms with Crippen LogP contribution in [0.3, 0.4) is 0 Å². The van der Waals surface area contributed by atoms with Gasteiger partial charge in [0.05, 0.1) is 17.6 Å². The fourth-order valence-electron chi connectivity index (χ4n) is 2.13. The molecule has 0 atom stereocenters. The summed E-state index contributed by atoms with van der Waals surface area (Å²) in [6.45, 7) is -0.135. The van der Waals surface area contributed by atoms with E-state index in [-0.39, 0.29) is 28.3 Å². The molecule has 0 spiro atoms. The quantitative estimate of drug-likeness (QED) is 0.441. The summed E-state index contributed by atoms with van der Waals surface area (Å²) in [5, 5.41) is 15.7. The first-order chi connectivity index (χ1) is 11.4. The lowest BCUT2D eigenvalue weighted by molar-refractivity contribution is -0.145. The Hall–Kier alpha value is -2.20. The molecule has 1 N–H and O–H groups in total. The summed E-state index contributed by atoms with van der Waals surface area (Å²) in [4.78, 5) is 4.25. The van der Waals surface area contributed by atoms with Crippen LogP contribution < -0.4 is 0 Å². The maximum absolute atomic E-state index is 13.5. The van der Waals surface area contributed by atoms with Crippen LogP contribution in [0.4, 0.5) is 17.6 Å². The van der Waals surface area contributed by atoms with E-state index in [0.717, 1.165) is 28.3 Å². The number of fused-ring (bicyclic) bond motifs is 3. The van der Waals surface area contributed by atoms with Gasteiger partial charge in [-0.15, -0.1) is 10.2 Å². The van der Waals surface area contributed by atoms with E-state index < -0.39 is 17.8 Å². The second-order valence-electron chi connectivity index (χ2n) is 4.70. The highest BCUT2D eigenvalue weighted by Gasteiger charge is 2.38. The Bertz CT molecular complexity index is 922. The Balaban J connectivity index is 2.24. The predicted molar refractivity (Wildman–Crippen MR) is 80.2 cm³/mol. The minimum Gasteiger partial charge on any atom is -0.392 e. The molecule has 2 aromatic heterocycles. The van der Waals surface area contributed by atoms with Crippen molar-refractivity contribution in [2.75, 3.05) is 12.4 Å². The third-order valence-corrected chi connectivity index (χ3v) is 4.00. The van der Waals surface area contributed by atoms with Crippen molar-refractivity contribution in [3.05, 3.63) is 42.0 Å². The third kappa shape index (κ3) is 3.06. The number of aromatic nitrogens is 4. The zero-order valence-electron chi connectivity index (χ0n) is 12.0. The second kappa shape index (κ2) is 6.36. The highest BCUT2D eigenvalue weighted by atomic mass is 32.2. The Labute approximate surface area is 137 Å². The molecular weight excluding hydrogens is 348 g/mol. The summed E-state index contributed by atoms with van der Waals surface area (Å²) in [7, 11) is 0. The van der Waals surface area contributed by atoms with Crippen molar-refractivity contribution >= 4 is 28.4 Å². The maximum atomic E-state index is 13.5. The van der Waals surface area contributed by atoms with Crippen LogP contribution >= 0.6 is 11.8 Å². The first kappa shape index (κ1) is 16.7. The molecule has 10 heteroatoms. The smallest absolute Gasteiger partial charge is 0.392 e. The van der Waals surface area contributed by atoms with Gasteiger partial charge in [0, 0.05) is 11.8 Å². The molecule has 0 aliphatic rings. The van der Waals surface area contributed by atoms with Crippen molar-refractivity contribution in [1.82, 2.24) is 19.6 Å². The van der Waals surface area contributed by atoms with Crippen molar-refractivity contribution < 1.29 is 22.7 Å². The predicted octanol–water partition coefficient (Wildman–Crippen LogP) is 3.08. The van der Waals surface area contributed by atoms with Gasteiger partial charge in [-0.25, -0.2) is 9.37 Å². The van der Waals surface area contributed by atoms with E-state index in [4.69, 9.17) is 5.11 Å². The van der Waals surface area contributed by atoms with Crippen LogP contribution in [0, 0.1) is 5.82 Å². The lowest BCUT2D eigenvalue weighted by Crippen LogP contribution is -2.12. The number of halogens is 4. The number of benzene rings is 1. The molecule has 0 saturated heterocycles. The van der Waals surface area contributed by atoms with E-state index in [9.17, 15) is 17.6 Å². The van der Waals surface area contributed by atoms with Gasteiger partial charge in [-0.1, -0.05) is 23.9 Å². The third-order valence-electron chi connectivity index (χ3n) is 3.10. The largest absolute Gasteiger partial charge is 0.452 e. The van der Waals surface area contributed by atoms with Gasteiger partial charge in [0.25, 0.3) is 0 Å². The molecule has 3 aromatic rings. The van der Waals surface area contributed by atoms with Crippen molar-refractivity contribution in [3.63, 3.8) is 0 Å². The van der Waals surface area contributed by atoms with Gasteiger partial charge >= 0.3 is 6.18 Å². The average molecular weight is 358 g/mol. The van der Waals surface area contributed by atoms with Crippen LogP contribution in [0.1, 0.15) is 5.82 Å². The summed E-state index contributed by atoms with van der Waals surface area (Å²) in [5.41, 5.74) is 0.0447. The first-order valence-corrected chi connectivity index (χ1v) is 7.70. The Morgan fingerprint density at radius 1 is 1.21 bits per heavy atom. The van der Waals surface area contributed by atoms with Crippen molar-refractivity contribution in [2.24, 2.45) is 0 Å². The molecule has 0 aliphatic carbocycles. The number of alkyl halides is 3. The fraction of sp³-hybridized carbons (Fsp3) is 0.214. The van der Waals surface area contributed by atoms with E-state index in [0.29, 0.717) is 5.75 Å². The van der Waals surface area contributed by atoms with E-state index in [1.807, 2.05) is 0 Å². The van der Waals surface area contributed by atoms with Gasteiger partial charge < -0.3 is 5.11 Å². The van der Waals surface area contributed by atoms with Gasteiger partial charge in [0.15, 0.2) is 5.65 Å². The van der Waals surface area contributed by atoms with E-state index in [1.165, 1.54) is 12.1 Å². The number of thioether (sulfide) groups is 1. The van der Waals surface area contributed by atoms with Crippen molar-refractivity contribution in [2.45, 2.75) is 11.2 Å². The maximum Gasteiger partial charge on any atom is 0.452 e. The molecule has 2 heterocycles. The average Bonchev–Trinajstić information content (AvgIpc) is 2.97. The van der Waals surface area contributed by atoms with Crippen LogP contribution in [0.15, 0.2) is 35.4 Å². The molecule has 0 bridgehead atoms. The zero-order chi connectivity index (χ0) is 17.3. The number of rotatable bonds is 4. The number of aliphatic hydroxyl groups is 1. The van der Waals surface area contributed by atoms with Gasteiger partial charge in [-0.3, -0.25) is 4.40 Å². The lowest BCUT2D eigenvalue weighted by atomic mass is 10.3. The molecule has 24 heavy (non-hydrogen) atoms. The van der Waals surface area contributed by atoms with Crippen LogP contribution in [-0.2, 0) is 6.18 Å². The van der Waals surface area contributed by atoms with Gasteiger partial charge in [0.1, 0.15) is 10.8 Å². The summed E-state index contributed by atoms with van der Waals surface area (Å²) in [5.74, 6) is -1.54. The van der Waals surface area contributed by atoms with Crippen LogP contribution in [0.5, 0.6) is 0 Å². The molecule has 0 radical (unpaired) electrons. The van der Waals surface area contributed by atoms with Gasteiger partial charge in [-0.2, -0.15) is 13.2 Å². The van der Waals surface area contributed by atoms with E-state index in [1.54, 1.807) is 6.08 Å². The monoisotopic (exact) mass is 358 g/mol. The number of hydrogen-bond acceptors (Lipinski definition) is 5. The topological polar surface area (TPSA) is 63.3 Å². The molecular formula is C14H10F4N4OS. The Morgan fingerprint density at radius 2 is 2.00 bits per heavy atom. The summed E-state index contributed by atoms with van der Waals surface area (Å²) in [6.07, 6.45) is -1.58. The van der Waals surface area contributed by atoms with Crippen molar-refractivity contribution in [1.29, 1.82) is 0 Å². The summed E-state index contributed by atoms with van der Waals surface area (Å²) < 4.78 is 53.8. The minimum absolute atomic E-state index is 0.0578. The molecule has 1 aromatic carbocycles. The molecule has 0 amide bonds. The summed E-state index contributed by atoms with van der Waals surface area (Å²) in [6, 6.07) is 3.39. The van der Waals surface area contributed by atoms with Gasteiger partial charge in [-0.05, 0) is 12.1 Å². The van der Waals surface area contributed by atoms with Crippen molar-refractivity contribution in [3.8, 4) is 0 Å². The number of nitrogens with zero attached hydrogens (tertiary/aromatic N) is 4. The summed E-state index contributed by atoms with van der Waals surface area (Å²) >= 11 is 1.14. The first-order valence-electron chi connectivity index (χ1n) is 6.72. The number of hydrogen-bond donors (Lipinski definition) is 1. The van der Waals surface area contributed by atoms with E-state index >= 15 is 0 Å². The molecule has 0 saturated carbocycles. The van der Waals surface area contributed by atoms with Crippen LogP contribution in [-0.4, -0.2) is 37.0 Å². The van der Waals surface area contributed by atoms with E-state index in [2.05, 4.69) is 15.2 Å². The molecule has 0 fully saturated rings. The molecule has 126 valence electrons. The Kier molecular flexibility index (Phi) is 4.41. The molecule has 5 nitrogen and oxygen atoms in total. The highest BCUT2D eigenvalue weighted by molar-refractivity contribution is 7.99. The SMILES string of the molecule is OC/C=C/CSc1nc2ccc(F)cc2n2c(C(F)(F)F)nnc12. The zero-order valence-corrected chi connectivity index (χ0v) is 12.8. The van der Waals surface area contributed by atoms with Gasteiger partial charge in [0.2, 0.25) is 5.82 Å². The van der Waals surface area contributed by atoms with Crippen LogP contribution in [0.2, 0.25) is 0 Å². The Morgan fingerprint density at radius 3 is 2.71 bits per heavy atom. The minimum atomic E-state index is -4.74. The normalized spacial score (nSPS) is 12.7. The second-order valence-corrected chi connectivity index (χ2v) is 5.70. The number of aliphatic hydroxyl groups excluding tert-OH is 1. The highest BCUT2D eigenvalue weighted by Crippen LogP contribution is 2.33. The lowest BCUT2D eigenvalue weighted by Gasteiger charge is -2.09. The molecule has 0 aliphatic heterocycles. The standard InChI is InChI=1S/C14H10F4N4OS/c15-8-3-4-9-10(7-8)22-11(20-21-13(22)14(16,17)18)12(19-9)24-6-2-1-5-23/h1-4,7,23H,5-6H2/b2-1+. The molecule has 0 unspecified atom stereocenters. The van der Waals surface area contributed by atoms with Crippen LogP contribution in [0.25, 0.3) is 16.7 Å². The fourth-order valence-corrected chi connectivity index (χ4v) is 2.94. The molecule has 3 rings (SSSR count).